The smallest absolute Gasteiger partial charge is 0.137 e. The van der Waals surface area contributed by atoms with E-state index in [1.807, 2.05) is 20.9 Å². The van der Waals surface area contributed by atoms with Gasteiger partial charge in [0, 0.05) is 25.7 Å². The first-order valence-corrected chi connectivity index (χ1v) is 5.38. The molecule has 16 heavy (non-hydrogen) atoms. The van der Waals surface area contributed by atoms with Gasteiger partial charge in [0.2, 0.25) is 0 Å². The van der Waals surface area contributed by atoms with Crippen LogP contribution in [0, 0.1) is 13.8 Å². The first-order valence-electron chi connectivity index (χ1n) is 5.38. The van der Waals surface area contributed by atoms with Gasteiger partial charge < -0.3 is 15.5 Å². The maximum Gasteiger partial charge on any atom is 0.137 e. The highest BCUT2D eigenvalue weighted by molar-refractivity contribution is 5.55. The van der Waals surface area contributed by atoms with E-state index in [4.69, 9.17) is 5.73 Å². The van der Waals surface area contributed by atoms with E-state index in [-0.39, 0.29) is 0 Å². The number of aromatic nitrogens is 2. The minimum Gasteiger partial charge on any atom is -0.383 e. The predicted molar refractivity (Wildman–Crippen MR) is 67.7 cm³/mol. The second-order valence-corrected chi connectivity index (χ2v) is 4.33. The zero-order chi connectivity index (χ0) is 12.3. The lowest BCUT2D eigenvalue weighted by molar-refractivity contribution is 0.416. The molecule has 1 rings (SSSR count). The Kier molecular flexibility index (Phi) is 4.06. The number of anilines is 2. The third kappa shape index (κ3) is 3.06. The average Bonchev–Trinajstić information content (AvgIpc) is 2.19. The molecule has 0 aromatic carbocycles. The van der Waals surface area contributed by atoms with Gasteiger partial charge in [-0.15, -0.1) is 0 Å². The minimum atomic E-state index is 0.569. The van der Waals surface area contributed by atoms with Crippen molar-refractivity contribution in [3.05, 3.63) is 11.4 Å². The van der Waals surface area contributed by atoms with Gasteiger partial charge in [0.15, 0.2) is 0 Å². The summed E-state index contributed by atoms with van der Waals surface area (Å²) in [5.41, 5.74) is 6.78. The van der Waals surface area contributed by atoms with E-state index >= 15 is 0 Å². The fourth-order valence-electron chi connectivity index (χ4n) is 1.46. The first-order chi connectivity index (χ1) is 7.41. The summed E-state index contributed by atoms with van der Waals surface area (Å²) in [5.74, 6) is 2.21. The van der Waals surface area contributed by atoms with E-state index in [0.29, 0.717) is 5.82 Å². The number of nitrogen functional groups attached to an aromatic ring is 1. The van der Waals surface area contributed by atoms with E-state index in [2.05, 4.69) is 33.9 Å². The van der Waals surface area contributed by atoms with Gasteiger partial charge in [0.05, 0.1) is 0 Å². The van der Waals surface area contributed by atoms with Crippen LogP contribution in [0.25, 0.3) is 0 Å². The summed E-state index contributed by atoms with van der Waals surface area (Å²) < 4.78 is 0. The molecule has 0 saturated carbocycles. The lowest BCUT2D eigenvalue weighted by Crippen LogP contribution is -2.30. The van der Waals surface area contributed by atoms with Crippen LogP contribution in [0.1, 0.15) is 11.4 Å². The number of likely N-dealkylation sites (N-methyl/N-ethyl adjacent to an activating group) is 2. The molecule has 0 spiro atoms. The summed E-state index contributed by atoms with van der Waals surface area (Å²) in [6.07, 6.45) is 0. The molecule has 0 bridgehead atoms. The van der Waals surface area contributed by atoms with Crippen molar-refractivity contribution in [1.29, 1.82) is 0 Å². The highest BCUT2D eigenvalue weighted by Crippen LogP contribution is 2.19. The Bertz CT molecular complexity index is 362. The Morgan fingerprint density at radius 2 is 1.69 bits per heavy atom. The van der Waals surface area contributed by atoms with Crippen LogP contribution in [0.2, 0.25) is 0 Å². The van der Waals surface area contributed by atoms with Crippen LogP contribution in [-0.2, 0) is 0 Å². The van der Waals surface area contributed by atoms with Crippen LogP contribution < -0.4 is 10.6 Å². The molecule has 5 nitrogen and oxygen atoms in total. The molecule has 0 unspecified atom stereocenters. The molecule has 0 fully saturated rings. The molecule has 0 aliphatic heterocycles. The monoisotopic (exact) mass is 223 g/mol. The number of nitrogens with zero attached hydrogens (tertiary/aromatic N) is 4. The van der Waals surface area contributed by atoms with Gasteiger partial charge >= 0.3 is 0 Å². The van der Waals surface area contributed by atoms with Gasteiger partial charge in [-0.2, -0.15) is 0 Å². The fourth-order valence-corrected chi connectivity index (χ4v) is 1.46. The molecular weight excluding hydrogens is 202 g/mol. The van der Waals surface area contributed by atoms with Crippen LogP contribution in [0.5, 0.6) is 0 Å². The van der Waals surface area contributed by atoms with E-state index in [9.17, 15) is 0 Å². The Hall–Kier alpha value is -1.36. The van der Waals surface area contributed by atoms with Gasteiger partial charge in [-0.1, -0.05) is 0 Å². The average molecular weight is 223 g/mol. The SMILES string of the molecule is Cc1nc(N)c(C)c(N(C)CCN(C)C)n1. The third-order valence-electron chi connectivity index (χ3n) is 2.51. The Labute approximate surface area is 97.3 Å². The molecule has 2 N–H and O–H groups in total. The van der Waals surface area contributed by atoms with E-state index in [0.717, 1.165) is 30.3 Å². The summed E-state index contributed by atoms with van der Waals surface area (Å²) in [7, 11) is 6.14. The van der Waals surface area contributed by atoms with Gasteiger partial charge in [-0.3, -0.25) is 0 Å². The Morgan fingerprint density at radius 3 is 2.25 bits per heavy atom. The van der Waals surface area contributed by atoms with Crippen LogP contribution in [0.15, 0.2) is 0 Å². The summed E-state index contributed by atoms with van der Waals surface area (Å²) in [6.45, 7) is 5.72. The zero-order valence-electron chi connectivity index (χ0n) is 10.8. The summed E-state index contributed by atoms with van der Waals surface area (Å²) >= 11 is 0. The Balaban J connectivity index is 2.86. The van der Waals surface area contributed by atoms with E-state index < -0.39 is 0 Å². The molecule has 0 amide bonds. The lowest BCUT2D eigenvalue weighted by atomic mass is 10.3. The summed E-state index contributed by atoms with van der Waals surface area (Å²) in [6, 6.07) is 0. The molecule has 1 aromatic rings. The highest BCUT2D eigenvalue weighted by atomic mass is 15.2. The van der Waals surface area contributed by atoms with Crippen molar-refractivity contribution in [2.24, 2.45) is 0 Å². The molecular formula is C11H21N5. The number of hydrogen-bond acceptors (Lipinski definition) is 5. The van der Waals surface area contributed by atoms with Crippen molar-refractivity contribution >= 4 is 11.6 Å². The molecule has 1 heterocycles. The highest BCUT2D eigenvalue weighted by Gasteiger charge is 2.10. The normalized spacial score (nSPS) is 10.9. The summed E-state index contributed by atoms with van der Waals surface area (Å²) in [5, 5.41) is 0. The van der Waals surface area contributed by atoms with Crippen molar-refractivity contribution in [3.63, 3.8) is 0 Å². The molecule has 1 aromatic heterocycles. The molecule has 90 valence electrons. The maximum atomic E-state index is 5.83. The number of nitrogens with two attached hydrogens (primary N) is 1. The van der Waals surface area contributed by atoms with Crippen molar-refractivity contribution in [2.45, 2.75) is 13.8 Å². The molecule has 0 saturated heterocycles. The second kappa shape index (κ2) is 5.12. The van der Waals surface area contributed by atoms with E-state index in [1.54, 1.807) is 0 Å². The molecule has 0 aliphatic rings. The molecule has 0 atom stereocenters. The van der Waals surface area contributed by atoms with Crippen LogP contribution in [0.3, 0.4) is 0 Å². The minimum absolute atomic E-state index is 0.569. The fraction of sp³-hybridized carbons (Fsp3) is 0.636. The van der Waals surface area contributed by atoms with Crippen molar-refractivity contribution in [1.82, 2.24) is 14.9 Å². The predicted octanol–water partition coefficient (Wildman–Crippen LogP) is 0.673. The quantitative estimate of drug-likeness (QED) is 0.813. The van der Waals surface area contributed by atoms with Crippen LogP contribution >= 0.6 is 0 Å². The topological polar surface area (TPSA) is 58.3 Å². The van der Waals surface area contributed by atoms with Crippen molar-refractivity contribution in [2.75, 3.05) is 44.9 Å². The molecule has 0 aliphatic carbocycles. The van der Waals surface area contributed by atoms with Crippen molar-refractivity contribution in [3.8, 4) is 0 Å². The lowest BCUT2D eigenvalue weighted by Gasteiger charge is -2.22. The zero-order valence-corrected chi connectivity index (χ0v) is 10.8. The molecule has 0 radical (unpaired) electrons. The first kappa shape index (κ1) is 12.7. The van der Waals surface area contributed by atoms with Gasteiger partial charge in [0.25, 0.3) is 0 Å². The van der Waals surface area contributed by atoms with Crippen LogP contribution in [-0.4, -0.2) is 49.1 Å². The van der Waals surface area contributed by atoms with E-state index in [1.165, 1.54) is 0 Å². The molecule has 5 heteroatoms. The van der Waals surface area contributed by atoms with Crippen LogP contribution in [0.4, 0.5) is 11.6 Å². The second-order valence-electron chi connectivity index (χ2n) is 4.33. The van der Waals surface area contributed by atoms with Gasteiger partial charge in [-0.05, 0) is 27.9 Å². The third-order valence-corrected chi connectivity index (χ3v) is 2.51. The van der Waals surface area contributed by atoms with Gasteiger partial charge in [-0.25, -0.2) is 9.97 Å². The summed E-state index contributed by atoms with van der Waals surface area (Å²) in [4.78, 5) is 12.8. The largest absolute Gasteiger partial charge is 0.383 e. The van der Waals surface area contributed by atoms with Gasteiger partial charge in [0.1, 0.15) is 17.5 Å². The van der Waals surface area contributed by atoms with Crippen molar-refractivity contribution < 1.29 is 0 Å². The number of hydrogen-bond donors (Lipinski definition) is 1. The number of rotatable bonds is 4. The standard InChI is InChI=1S/C11H21N5/c1-8-10(12)13-9(2)14-11(8)16(5)7-6-15(3)4/h6-7H2,1-5H3,(H2,12,13,14). The number of aryl methyl sites for hydroxylation is 1. The maximum absolute atomic E-state index is 5.83. The Morgan fingerprint density at radius 1 is 1.06 bits per heavy atom.